The number of nitrogens with zero attached hydrogens (tertiary/aromatic N) is 3. The summed E-state index contributed by atoms with van der Waals surface area (Å²) in [7, 11) is -1.24. The molecule has 0 aromatic carbocycles. The summed E-state index contributed by atoms with van der Waals surface area (Å²) in [6.07, 6.45) is 0.531. The molecular weight excluding hydrogens is 314 g/mol. The van der Waals surface area contributed by atoms with Crippen molar-refractivity contribution in [2.45, 2.75) is 51.8 Å². The van der Waals surface area contributed by atoms with Crippen molar-refractivity contribution in [3.63, 3.8) is 0 Å². The van der Waals surface area contributed by atoms with Gasteiger partial charge in [0.25, 0.3) is 0 Å². The Kier molecular flexibility index (Phi) is 5.39. The quantitative estimate of drug-likeness (QED) is 0.791. The lowest BCUT2D eigenvalue weighted by Gasteiger charge is -2.24. The van der Waals surface area contributed by atoms with Gasteiger partial charge in [-0.05, 0) is 53.0 Å². The number of amides is 1. The molecule has 0 aliphatic carbocycles. The number of aromatic nitrogens is 2. The molecule has 1 aromatic rings. The molecule has 0 unspecified atom stereocenters. The lowest BCUT2D eigenvalue weighted by atomic mass is 10.2. The van der Waals surface area contributed by atoms with Crippen molar-refractivity contribution in [1.29, 1.82) is 0 Å². The molecule has 1 aromatic heterocycles. The number of rotatable bonds is 3. The number of likely N-dealkylation sites (tertiary alicyclic amines) is 1. The molecule has 0 spiro atoms. The van der Waals surface area contributed by atoms with E-state index in [9.17, 15) is 9.00 Å². The second kappa shape index (κ2) is 6.95. The summed E-state index contributed by atoms with van der Waals surface area (Å²) in [5.41, 5.74) is 1.15. The summed E-state index contributed by atoms with van der Waals surface area (Å²) in [4.78, 5) is 22.3. The fraction of sp³-hybridized carbons (Fsp3) is 0.688. The van der Waals surface area contributed by atoms with Gasteiger partial charge in [0.1, 0.15) is 5.60 Å². The Hall–Kier alpha value is -1.50. The van der Waals surface area contributed by atoms with E-state index in [2.05, 4.69) is 9.97 Å². The summed E-state index contributed by atoms with van der Waals surface area (Å²) in [6, 6.07) is 1.86. The fourth-order valence-electron chi connectivity index (χ4n) is 2.55. The van der Waals surface area contributed by atoms with Crippen molar-refractivity contribution in [2.75, 3.05) is 18.8 Å². The highest BCUT2D eigenvalue weighted by Gasteiger charge is 2.31. The zero-order chi connectivity index (χ0) is 17.2. The maximum Gasteiger partial charge on any atom is 0.410 e. The lowest BCUT2D eigenvalue weighted by molar-refractivity contribution is 0.0289. The molecule has 0 bridgehead atoms. The highest BCUT2D eigenvalue weighted by atomic mass is 32.2. The molecule has 7 heteroatoms. The molecule has 1 aliphatic heterocycles. The van der Waals surface area contributed by atoms with Gasteiger partial charge in [-0.25, -0.2) is 14.8 Å². The maximum absolute atomic E-state index is 12.5. The molecule has 1 saturated heterocycles. The number of carbonyl (C=O) groups is 1. The average molecular weight is 339 g/mol. The molecule has 1 aliphatic rings. The Morgan fingerprint density at radius 1 is 1.35 bits per heavy atom. The van der Waals surface area contributed by atoms with Crippen molar-refractivity contribution in [1.82, 2.24) is 14.9 Å². The lowest BCUT2D eigenvalue weighted by Crippen LogP contribution is -2.35. The summed E-state index contributed by atoms with van der Waals surface area (Å²) >= 11 is 0. The molecule has 0 radical (unpaired) electrons. The average Bonchev–Trinajstić information content (AvgIpc) is 2.84. The van der Waals surface area contributed by atoms with Crippen LogP contribution in [-0.2, 0) is 15.5 Å². The summed E-state index contributed by atoms with van der Waals surface area (Å²) in [5.74, 6) is 0.662. The third-order valence-electron chi connectivity index (χ3n) is 3.49. The van der Waals surface area contributed by atoms with Gasteiger partial charge in [0, 0.05) is 30.2 Å². The number of carbonyl (C=O) groups excluding carboxylic acids is 1. The highest BCUT2D eigenvalue weighted by molar-refractivity contribution is 7.84. The third-order valence-corrected chi connectivity index (χ3v) is 4.85. The van der Waals surface area contributed by atoms with Crippen LogP contribution in [0.25, 0.3) is 0 Å². The summed E-state index contributed by atoms with van der Waals surface area (Å²) in [5, 5.41) is 0.387. The van der Waals surface area contributed by atoms with Gasteiger partial charge in [-0.2, -0.15) is 0 Å². The maximum atomic E-state index is 12.5. The molecule has 2 heterocycles. The van der Waals surface area contributed by atoms with Crippen LogP contribution in [0.1, 0.15) is 38.6 Å². The Morgan fingerprint density at radius 2 is 1.96 bits per heavy atom. The van der Waals surface area contributed by atoms with Crippen LogP contribution in [0.5, 0.6) is 0 Å². The minimum absolute atomic E-state index is 0.188. The van der Waals surface area contributed by atoms with E-state index in [-0.39, 0.29) is 12.0 Å². The Bertz CT molecular complexity index is 593. The topological polar surface area (TPSA) is 72.4 Å². The number of aryl methyl sites for hydroxylation is 2. The van der Waals surface area contributed by atoms with Gasteiger partial charge in [0.2, 0.25) is 5.16 Å². The molecule has 0 N–H and O–H groups in total. The van der Waals surface area contributed by atoms with E-state index in [0.29, 0.717) is 24.0 Å². The molecule has 23 heavy (non-hydrogen) atoms. The second-order valence-corrected chi connectivity index (χ2v) is 8.42. The van der Waals surface area contributed by atoms with E-state index in [0.717, 1.165) is 17.8 Å². The van der Waals surface area contributed by atoms with Crippen LogP contribution in [0.4, 0.5) is 4.79 Å². The fourth-order valence-corrected chi connectivity index (χ4v) is 3.89. The van der Waals surface area contributed by atoms with Crippen LogP contribution in [0, 0.1) is 19.8 Å². The minimum Gasteiger partial charge on any atom is -0.444 e. The minimum atomic E-state index is -1.24. The molecule has 6 nitrogen and oxygen atoms in total. The van der Waals surface area contributed by atoms with Gasteiger partial charge in [-0.1, -0.05) is 0 Å². The van der Waals surface area contributed by atoms with Crippen LogP contribution in [-0.4, -0.2) is 49.6 Å². The SMILES string of the molecule is Cc1cc(C)nc([S@](=O)C[C@H]2CCN(C(=O)OC(C)(C)C)C2)n1. The normalized spacial score (nSPS) is 19.7. The van der Waals surface area contributed by atoms with Crippen LogP contribution in [0.15, 0.2) is 11.2 Å². The van der Waals surface area contributed by atoms with Crippen LogP contribution in [0.2, 0.25) is 0 Å². The monoisotopic (exact) mass is 339 g/mol. The zero-order valence-corrected chi connectivity index (χ0v) is 15.3. The van der Waals surface area contributed by atoms with Gasteiger partial charge in [-0.15, -0.1) is 0 Å². The largest absolute Gasteiger partial charge is 0.444 e. The van der Waals surface area contributed by atoms with Crippen molar-refractivity contribution in [3.05, 3.63) is 17.5 Å². The predicted octanol–water partition coefficient (Wildman–Crippen LogP) is 2.46. The molecule has 2 rings (SSSR count). The number of ether oxygens (including phenoxy) is 1. The van der Waals surface area contributed by atoms with Gasteiger partial charge < -0.3 is 9.64 Å². The van der Waals surface area contributed by atoms with E-state index in [1.54, 1.807) is 4.90 Å². The molecule has 2 atom stereocenters. The van der Waals surface area contributed by atoms with Gasteiger partial charge >= 0.3 is 6.09 Å². The van der Waals surface area contributed by atoms with Crippen molar-refractivity contribution >= 4 is 16.9 Å². The number of hydrogen-bond acceptors (Lipinski definition) is 5. The van der Waals surface area contributed by atoms with Crippen molar-refractivity contribution < 1.29 is 13.7 Å². The third kappa shape index (κ3) is 5.27. The summed E-state index contributed by atoms with van der Waals surface area (Å²) < 4.78 is 17.8. The summed E-state index contributed by atoms with van der Waals surface area (Å²) in [6.45, 7) is 10.5. The number of hydrogen-bond donors (Lipinski definition) is 0. The molecule has 1 fully saturated rings. The Morgan fingerprint density at radius 3 is 2.52 bits per heavy atom. The molecular formula is C16H25N3O3S. The zero-order valence-electron chi connectivity index (χ0n) is 14.5. The standard InChI is InChI=1S/C16H25N3O3S/c1-11-8-12(2)18-14(17-11)23(21)10-13-6-7-19(9-13)15(20)22-16(3,4)5/h8,13H,6-7,9-10H2,1-5H3/t13-,23+/m0/s1. The van der Waals surface area contributed by atoms with E-state index in [4.69, 9.17) is 4.74 Å². The molecule has 128 valence electrons. The van der Waals surface area contributed by atoms with Crippen molar-refractivity contribution in [2.24, 2.45) is 5.92 Å². The van der Waals surface area contributed by atoms with Gasteiger partial charge in [-0.3, -0.25) is 4.21 Å². The van der Waals surface area contributed by atoms with Crippen LogP contribution < -0.4 is 0 Å². The van der Waals surface area contributed by atoms with Crippen LogP contribution in [0.3, 0.4) is 0 Å². The van der Waals surface area contributed by atoms with Gasteiger partial charge in [0.05, 0.1) is 10.8 Å². The first-order valence-electron chi connectivity index (χ1n) is 7.82. The second-order valence-electron chi connectivity index (χ2n) is 7.03. The Balaban J connectivity index is 1.92. The first-order valence-corrected chi connectivity index (χ1v) is 9.14. The van der Waals surface area contributed by atoms with E-state index < -0.39 is 16.4 Å². The van der Waals surface area contributed by atoms with Crippen molar-refractivity contribution in [3.8, 4) is 0 Å². The first kappa shape index (κ1) is 17.8. The van der Waals surface area contributed by atoms with E-state index in [1.165, 1.54) is 0 Å². The Labute approximate surface area is 140 Å². The highest BCUT2D eigenvalue weighted by Crippen LogP contribution is 2.21. The van der Waals surface area contributed by atoms with E-state index in [1.807, 2.05) is 40.7 Å². The van der Waals surface area contributed by atoms with Crippen LogP contribution >= 0.6 is 0 Å². The first-order chi connectivity index (χ1) is 10.6. The predicted molar refractivity (Wildman–Crippen MR) is 88.7 cm³/mol. The van der Waals surface area contributed by atoms with Gasteiger partial charge in [0.15, 0.2) is 0 Å². The molecule has 1 amide bonds. The van der Waals surface area contributed by atoms with E-state index >= 15 is 0 Å². The smallest absolute Gasteiger partial charge is 0.410 e. The molecule has 0 saturated carbocycles.